The fraction of sp³-hybridized carbons (Fsp3) is 0. The van der Waals surface area contributed by atoms with Gasteiger partial charge in [-0.25, -0.2) is 0 Å². The topological polar surface area (TPSA) is 94.3 Å². The van der Waals surface area contributed by atoms with E-state index >= 15 is 0 Å². The number of nitrogens with zero attached hydrogens (tertiary/aromatic N) is 2. The van der Waals surface area contributed by atoms with Gasteiger partial charge in [0.25, 0.3) is 5.91 Å². The van der Waals surface area contributed by atoms with Crippen LogP contribution in [0.2, 0.25) is 10.0 Å². The summed E-state index contributed by atoms with van der Waals surface area (Å²) in [5.74, 6) is -0.659. The summed E-state index contributed by atoms with van der Waals surface area (Å²) < 4.78 is 0. The number of benzene rings is 4. The SMILES string of the molecule is O=C(Nc1ccc(Cl)cc1)c1cc(N=Nc2ccc(O)cc2Cl)c2ccccc2c1O. The number of nitrogens with one attached hydrogen (secondary N) is 1. The lowest BCUT2D eigenvalue weighted by molar-refractivity contribution is 0.102. The molecule has 154 valence electrons. The smallest absolute Gasteiger partial charge is 0.259 e. The molecule has 0 fully saturated rings. The van der Waals surface area contributed by atoms with Crippen molar-refractivity contribution in [2.24, 2.45) is 10.2 Å². The van der Waals surface area contributed by atoms with Gasteiger partial charge in [-0.05, 0) is 42.5 Å². The molecule has 31 heavy (non-hydrogen) atoms. The van der Waals surface area contributed by atoms with Crippen molar-refractivity contribution in [3.05, 3.63) is 88.4 Å². The number of fused-ring (bicyclic) bond motifs is 1. The summed E-state index contributed by atoms with van der Waals surface area (Å²) in [6, 6.07) is 19.4. The first-order chi connectivity index (χ1) is 14.9. The Labute approximate surface area is 187 Å². The average Bonchev–Trinajstić information content (AvgIpc) is 2.76. The van der Waals surface area contributed by atoms with Crippen LogP contribution in [-0.2, 0) is 0 Å². The van der Waals surface area contributed by atoms with Crippen molar-refractivity contribution in [3.63, 3.8) is 0 Å². The maximum atomic E-state index is 12.9. The number of hydrogen-bond acceptors (Lipinski definition) is 5. The molecule has 0 saturated heterocycles. The molecule has 0 saturated carbocycles. The van der Waals surface area contributed by atoms with Crippen molar-refractivity contribution >= 4 is 56.9 Å². The molecule has 0 spiro atoms. The minimum absolute atomic E-state index is 0.0141. The normalized spacial score (nSPS) is 11.2. The van der Waals surface area contributed by atoms with E-state index in [1.165, 1.54) is 24.3 Å². The molecule has 0 radical (unpaired) electrons. The molecule has 0 aliphatic rings. The lowest BCUT2D eigenvalue weighted by Gasteiger charge is -2.11. The zero-order valence-electron chi connectivity index (χ0n) is 15.9. The molecule has 0 unspecified atom stereocenters. The van der Waals surface area contributed by atoms with Crippen molar-refractivity contribution in [2.75, 3.05) is 5.32 Å². The van der Waals surface area contributed by atoms with Crippen LogP contribution < -0.4 is 5.32 Å². The van der Waals surface area contributed by atoms with Gasteiger partial charge < -0.3 is 15.5 Å². The summed E-state index contributed by atoms with van der Waals surface area (Å²) in [6.07, 6.45) is 0. The van der Waals surface area contributed by atoms with E-state index in [0.717, 1.165) is 0 Å². The van der Waals surface area contributed by atoms with Crippen molar-refractivity contribution in [1.29, 1.82) is 0 Å². The van der Waals surface area contributed by atoms with Gasteiger partial charge in [-0.15, -0.1) is 10.2 Å². The van der Waals surface area contributed by atoms with Crippen LogP contribution in [0.3, 0.4) is 0 Å². The number of carbonyl (C=O) groups is 1. The van der Waals surface area contributed by atoms with Crippen LogP contribution in [0.25, 0.3) is 10.8 Å². The molecule has 4 aromatic carbocycles. The average molecular weight is 452 g/mol. The van der Waals surface area contributed by atoms with Gasteiger partial charge in [0.15, 0.2) is 0 Å². The quantitative estimate of drug-likeness (QED) is 0.285. The number of phenolic OH excluding ortho intramolecular Hbond substituents is 2. The highest BCUT2D eigenvalue weighted by Crippen LogP contribution is 2.38. The second-order valence-corrected chi connectivity index (χ2v) is 7.48. The summed E-state index contributed by atoms with van der Waals surface area (Å²) in [6.45, 7) is 0. The molecule has 4 aromatic rings. The highest BCUT2D eigenvalue weighted by molar-refractivity contribution is 6.33. The van der Waals surface area contributed by atoms with Crippen LogP contribution >= 0.6 is 23.2 Å². The minimum atomic E-state index is -0.510. The van der Waals surface area contributed by atoms with E-state index in [-0.39, 0.29) is 22.1 Å². The van der Waals surface area contributed by atoms with Crippen LogP contribution in [0.4, 0.5) is 17.1 Å². The van der Waals surface area contributed by atoms with Gasteiger partial charge >= 0.3 is 0 Å². The van der Waals surface area contributed by atoms with Gasteiger partial charge in [-0.2, -0.15) is 0 Å². The third-order valence-electron chi connectivity index (χ3n) is 4.54. The Kier molecular flexibility index (Phi) is 5.75. The number of phenols is 2. The van der Waals surface area contributed by atoms with Crippen molar-refractivity contribution < 1.29 is 15.0 Å². The molecule has 0 aliphatic carbocycles. The molecule has 0 heterocycles. The Balaban J connectivity index is 1.76. The fourth-order valence-corrected chi connectivity index (χ4v) is 3.35. The van der Waals surface area contributed by atoms with E-state index < -0.39 is 5.91 Å². The van der Waals surface area contributed by atoms with Crippen LogP contribution in [0.15, 0.2) is 83.0 Å². The molecule has 0 aliphatic heterocycles. The molecular formula is C23H15Cl2N3O3. The zero-order valence-corrected chi connectivity index (χ0v) is 17.4. The maximum absolute atomic E-state index is 12.9. The second-order valence-electron chi connectivity index (χ2n) is 6.63. The number of carbonyl (C=O) groups excluding carboxylic acids is 1. The second kappa shape index (κ2) is 8.63. The Bertz CT molecular complexity index is 1320. The Morgan fingerprint density at radius 1 is 0.806 bits per heavy atom. The van der Waals surface area contributed by atoms with Crippen LogP contribution in [-0.4, -0.2) is 16.1 Å². The highest BCUT2D eigenvalue weighted by Gasteiger charge is 2.17. The molecule has 8 heteroatoms. The predicted octanol–water partition coefficient (Wildman–Crippen LogP) is 7.23. The summed E-state index contributed by atoms with van der Waals surface area (Å²) in [7, 11) is 0. The molecule has 4 rings (SSSR count). The molecule has 6 nitrogen and oxygen atoms in total. The number of hydrogen-bond donors (Lipinski definition) is 3. The maximum Gasteiger partial charge on any atom is 0.259 e. The van der Waals surface area contributed by atoms with E-state index in [1.54, 1.807) is 48.5 Å². The van der Waals surface area contributed by atoms with E-state index in [4.69, 9.17) is 23.2 Å². The largest absolute Gasteiger partial charge is 0.508 e. The van der Waals surface area contributed by atoms with Crippen LogP contribution in [0.5, 0.6) is 11.5 Å². The van der Waals surface area contributed by atoms with E-state index in [1.807, 2.05) is 0 Å². The number of amides is 1. The molecular weight excluding hydrogens is 437 g/mol. The number of aromatic hydroxyl groups is 2. The van der Waals surface area contributed by atoms with Gasteiger partial charge in [-0.1, -0.05) is 47.5 Å². The summed E-state index contributed by atoms with van der Waals surface area (Å²) in [5, 5.41) is 33.2. The Hall–Kier alpha value is -3.61. The summed E-state index contributed by atoms with van der Waals surface area (Å²) in [4.78, 5) is 12.9. The zero-order chi connectivity index (χ0) is 22.0. The number of rotatable bonds is 4. The van der Waals surface area contributed by atoms with Crippen molar-refractivity contribution in [1.82, 2.24) is 0 Å². The first-order valence-corrected chi connectivity index (χ1v) is 9.90. The fourth-order valence-electron chi connectivity index (χ4n) is 3.01. The monoisotopic (exact) mass is 451 g/mol. The van der Waals surface area contributed by atoms with Crippen LogP contribution in [0, 0.1) is 0 Å². The van der Waals surface area contributed by atoms with Gasteiger partial charge in [0, 0.05) is 27.5 Å². The third-order valence-corrected chi connectivity index (χ3v) is 5.09. The lowest BCUT2D eigenvalue weighted by Crippen LogP contribution is -2.12. The molecule has 0 aromatic heterocycles. The van der Waals surface area contributed by atoms with Crippen molar-refractivity contribution in [2.45, 2.75) is 0 Å². The molecule has 1 amide bonds. The molecule has 0 atom stereocenters. The van der Waals surface area contributed by atoms with E-state index in [9.17, 15) is 15.0 Å². The standard InChI is InChI=1S/C23H15Cl2N3O3/c24-13-5-7-14(8-6-13)26-23(31)18-12-21(16-3-1-2-4-17(16)22(18)30)28-27-20-10-9-15(29)11-19(20)25/h1-12,29-30H,(H,26,31). The minimum Gasteiger partial charge on any atom is -0.508 e. The molecule has 0 bridgehead atoms. The highest BCUT2D eigenvalue weighted by atomic mass is 35.5. The number of anilines is 1. The number of halogens is 2. The third kappa shape index (κ3) is 4.45. The van der Waals surface area contributed by atoms with Crippen molar-refractivity contribution in [3.8, 4) is 11.5 Å². The molecule has 3 N–H and O–H groups in total. The summed E-state index contributed by atoms with van der Waals surface area (Å²) >= 11 is 12.0. The Morgan fingerprint density at radius 3 is 2.19 bits per heavy atom. The van der Waals surface area contributed by atoms with Gasteiger partial charge in [0.05, 0.1) is 16.3 Å². The first kappa shape index (κ1) is 20.7. The van der Waals surface area contributed by atoms with Gasteiger partial charge in [0.2, 0.25) is 0 Å². The van der Waals surface area contributed by atoms with Gasteiger partial charge in [-0.3, -0.25) is 4.79 Å². The van der Waals surface area contributed by atoms with Crippen LogP contribution in [0.1, 0.15) is 10.4 Å². The van der Waals surface area contributed by atoms with E-state index in [2.05, 4.69) is 15.5 Å². The Morgan fingerprint density at radius 2 is 1.48 bits per heavy atom. The lowest BCUT2D eigenvalue weighted by atomic mass is 10.0. The van der Waals surface area contributed by atoms with Gasteiger partial charge in [0.1, 0.15) is 17.2 Å². The number of azo groups is 1. The van der Waals surface area contributed by atoms with E-state index in [0.29, 0.717) is 32.9 Å². The summed E-state index contributed by atoms with van der Waals surface area (Å²) in [5.41, 5.74) is 1.29. The predicted molar refractivity (Wildman–Crippen MR) is 122 cm³/mol. The first-order valence-electron chi connectivity index (χ1n) is 9.14.